The third-order valence-electron chi connectivity index (χ3n) is 2.03. The number of thioether (sulfide) groups is 1. The van der Waals surface area contributed by atoms with Crippen LogP contribution in [0, 0.1) is 5.82 Å². The Balaban J connectivity index is 2.06. The summed E-state index contributed by atoms with van der Waals surface area (Å²) in [6.07, 6.45) is 0.462. The summed E-state index contributed by atoms with van der Waals surface area (Å²) in [5.74, 6) is 0.262. The predicted molar refractivity (Wildman–Crippen MR) is 64.5 cm³/mol. The smallest absolute Gasteiger partial charge is 0.276 e. The van der Waals surface area contributed by atoms with E-state index in [0.717, 1.165) is 5.56 Å². The first-order chi connectivity index (χ1) is 8.13. The van der Waals surface area contributed by atoms with E-state index in [4.69, 9.17) is 4.42 Å². The Bertz CT molecular complexity index is 499. The second kappa shape index (κ2) is 5.31. The Morgan fingerprint density at radius 1 is 1.35 bits per heavy atom. The van der Waals surface area contributed by atoms with Gasteiger partial charge in [-0.3, -0.25) is 0 Å². The van der Waals surface area contributed by atoms with E-state index in [-0.39, 0.29) is 5.82 Å². The number of benzene rings is 1. The van der Waals surface area contributed by atoms with Crippen molar-refractivity contribution in [2.75, 3.05) is 0 Å². The monoisotopic (exact) mass is 252 g/mol. The van der Waals surface area contributed by atoms with Crippen molar-refractivity contribution < 1.29 is 8.81 Å². The molecule has 0 aliphatic rings. The van der Waals surface area contributed by atoms with Crippen molar-refractivity contribution in [3.63, 3.8) is 0 Å². The molecule has 0 aliphatic carbocycles. The van der Waals surface area contributed by atoms with Crippen molar-refractivity contribution in [1.29, 1.82) is 0 Å². The Kier molecular flexibility index (Phi) is 3.78. The highest BCUT2D eigenvalue weighted by Gasteiger charge is 2.09. The standard InChI is InChI=1S/C12H13FN2OS/c1-8(2)17-12-15-14-11(16-12)7-9-4-3-5-10(13)6-9/h3-6,8H,7H2,1-2H3. The molecule has 1 aromatic carbocycles. The molecule has 0 saturated carbocycles. The summed E-state index contributed by atoms with van der Waals surface area (Å²) >= 11 is 1.52. The maximum absolute atomic E-state index is 13.0. The van der Waals surface area contributed by atoms with E-state index in [2.05, 4.69) is 24.0 Å². The fourth-order valence-electron chi connectivity index (χ4n) is 1.38. The van der Waals surface area contributed by atoms with Gasteiger partial charge >= 0.3 is 0 Å². The topological polar surface area (TPSA) is 38.9 Å². The van der Waals surface area contributed by atoms with Crippen molar-refractivity contribution in [3.8, 4) is 0 Å². The van der Waals surface area contributed by atoms with Gasteiger partial charge in [-0.1, -0.05) is 37.7 Å². The first-order valence-electron chi connectivity index (χ1n) is 5.37. The van der Waals surface area contributed by atoms with E-state index in [1.807, 2.05) is 6.07 Å². The first kappa shape index (κ1) is 12.1. The van der Waals surface area contributed by atoms with Gasteiger partial charge < -0.3 is 4.42 Å². The van der Waals surface area contributed by atoms with Gasteiger partial charge in [-0.15, -0.1) is 10.2 Å². The van der Waals surface area contributed by atoms with Crippen LogP contribution in [0.25, 0.3) is 0 Å². The molecule has 1 aromatic heterocycles. The van der Waals surface area contributed by atoms with Crippen molar-refractivity contribution in [2.45, 2.75) is 30.7 Å². The average Bonchev–Trinajstić information content (AvgIpc) is 2.64. The van der Waals surface area contributed by atoms with Crippen LogP contribution < -0.4 is 0 Å². The molecular weight excluding hydrogens is 239 g/mol. The van der Waals surface area contributed by atoms with Crippen molar-refractivity contribution >= 4 is 11.8 Å². The Morgan fingerprint density at radius 2 is 2.18 bits per heavy atom. The maximum Gasteiger partial charge on any atom is 0.276 e. The molecular formula is C12H13FN2OS. The number of halogens is 1. The molecule has 5 heteroatoms. The summed E-state index contributed by atoms with van der Waals surface area (Å²) in [5, 5.41) is 8.82. The van der Waals surface area contributed by atoms with Crippen LogP contribution in [0.4, 0.5) is 4.39 Å². The zero-order valence-electron chi connectivity index (χ0n) is 9.68. The van der Waals surface area contributed by atoms with Crippen LogP contribution in [0.2, 0.25) is 0 Å². The number of rotatable bonds is 4. The molecule has 0 N–H and O–H groups in total. The van der Waals surface area contributed by atoms with Gasteiger partial charge in [-0.2, -0.15) is 0 Å². The summed E-state index contributed by atoms with van der Waals surface area (Å²) < 4.78 is 18.4. The van der Waals surface area contributed by atoms with E-state index in [1.54, 1.807) is 6.07 Å². The summed E-state index contributed by atoms with van der Waals surface area (Å²) in [6.45, 7) is 4.11. The van der Waals surface area contributed by atoms with Gasteiger partial charge in [0, 0.05) is 5.25 Å². The molecule has 2 rings (SSSR count). The molecule has 0 fully saturated rings. The minimum absolute atomic E-state index is 0.251. The molecule has 0 unspecified atom stereocenters. The Morgan fingerprint density at radius 3 is 2.88 bits per heavy atom. The van der Waals surface area contributed by atoms with Gasteiger partial charge in [0.2, 0.25) is 5.89 Å². The predicted octanol–water partition coefficient (Wildman–Crippen LogP) is 3.30. The van der Waals surface area contributed by atoms with Crippen LogP contribution in [-0.2, 0) is 6.42 Å². The fraction of sp³-hybridized carbons (Fsp3) is 0.333. The summed E-state index contributed by atoms with van der Waals surface area (Å²) in [5.41, 5.74) is 0.828. The van der Waals surface area contributed by atoms with Gasteiger partial charge in [-0.05, 0) is 17.7 Å². The molecule has 0 radical (unpaired) electrons. The SMILES string of the molecule is CC(C)Sc1nnc(Cc2cccc(F)c2)o1. The average molecular weight is 252 g/mol. The van der Waals surface area contributed by atoms with Crippen molar-refractivity contribution in [2.24, 2.45) is 0 Å². The molecule has 0 atom stereocenters. The maximum atomic E-state index is 13.0. The van der Waals surface area contributed by atoms with Gasteiger partial charge in [0.15, 0.2) is 0 Å². The fourth-order valence-corrected chi connectivity index (χ4v) is 2.02. The lowest BCUT2D eigenvalue weighted by atomic mass is 10.1. The van der Waals surface area contributed by atoms with Crippen LogP contribution in [0.3, 0.4) is 0 Å². The molecule has 0 aliphatic heterocycles. The van der Waals surface area contributed by atoms with Gasteiger partial charge in [0.1, 0.15) is 5.82 Å². The molecule has 0 saturated heterocycles. The minimum Gasteiger partial charge on any atom is -0.416 e. The molecule has 0 bridgehead atoms. The Hall–Kier alpha value is -1.36. The Labute approximate surface area is 103 Å². The second-order valence-electron chi connectivity index (χ2n) is 3.94. The minimum atomic E-state index is -0.251. The lowest BCUT2D eigenvalue weighted by molar-refractivity contribution is 0.419. The quantitative estimate of drug-likeness (QED) is 0.783. The zero-order valence-corrected chi connectivity index (χ0v) is 10.5. The molecule has 0 amide bonds. The third kappa shape index (κ3) is 3.56. The normalized spacial score (nSPS) is 11.1. The number of nitrogens with zero attached hydrogens (tertiary/aromatic N) is 2. The van der Waals surface area contributed by atoms with Crippen LogP contribution >= 0.6 is 11.8 Å². The van der Waals surface area contributed by atoms with Gasteiger partial charge in [0.25, 0.3) is 5.22 Å². The highest BCUT2D eigenvalue weighted by Crippen LogP contribution is 2.21. The largest absolute Gasteiger partial charge is 0.416 e. The molecule has 90 valence electrons. The van der Waals surface area contributed by atoms with E-state index >= 15 is 0 Å². The van der Waals surface area contributed by atoms with Crippen LogP contribution in [0.1, 0.15) is 25.3 Å². The van der Waals surface area contributed by atoms with Crippen molar-refractivity contribution in [3.05, 3.63) is 41.5 Å². The summed E-state index contributed by atoms with van der Waals surface area (Å²) in [6, 6.07) is 6.39. The van der Waals surface area contributed by atoms with Crippen LogP contribution in [0.15, 0.2) is 33.9 Å². The summed E-state index contributed by atoms with van der Waals surface area (Å²) in [7, 11) is 0. The van der Waals surface area contributed by atoms with Crippen LogP contribution in [0.5, 0.6) is 0 Å². The van der Waals surface area contributed by atoms with Gasteiger partial charge in [0.05, 0.1) is 6.42 Å². The zero-order chi connectivity index (χ0) is 12.3. The van der Waals surface area contributed by atoms with Gasteiger partial charge in [-0.25, -0.2) is 4.39 Å². The molecule has 1 heterocycles. The summed E-state index contributed by atoms with van der Waals surface area (Å²) in [4.78, 5) is 0. The lowest BCUT2D eigenvalue weighted by Gasteiger charge is -1.98. The third-order valence-corrected chi connectivity index (χ3v) is 2.87. The number of hydrogen-bond donors (Lipinski definition) is 0. The van der Waals surface area contributed by atoms with Crippen LogP contribution in [-0.4, -0.2) is 15.4 Å². The lowest BCUT2D eigenvalue weighted by Crippen LogP contribution is -1.89. The molecule has 17 heavy (non-hydrogen) atoms. The highest BCUT2D eigenvalue weighted by molar-refractivity contribution is 7.99. The van der Waals surface area contributed by atoms with Crippen molar-refractivity contribution in [1.82, 2.24) is 10.2 Å². The van der Waals surface area contributed by atoms with E-state index < -0.39 is 0 Å². The molecule has 0 spiro atoms. The molecule has 2 aromatic rings. The highest BCUT2D eigenvalue weighted by atomic mass is 32.2. The van der Waals surface area contributed by atoms with E-state index in [0.29, 0.717) is 22.8 Å². The van der Waals surface area contributed by atoms with E-state index in [1.165, 1.54) is 23.9 Å². The second-order valence-corrected chi connectivity index (χ2v) is 5.46. The first-order valence-corrected chi connectivity index (χ1v) is 6.25. The molecule has 3 nitrogen and oxygen atoms in total. The number of hydrogen-bond acceptors (Lipinski definition) is 4. The van der Waals surface area contributed by atoms with E-state index in [9.17, 15) is 4.39 Å². The number of aromatic nitrogens is 2.